The summed E-state index contributed by atoms with van der Waals surface area (Å²) in [6.07, 6.45) is 0. The molecule has 6 heteroatoms. The molecule has 0 spiro atoms. The van der Waals surface area contributed by atoms with Gasteiger partial charge in [-0.1, -0.05) is 24.3 Å². The third-order valence-electron chi connectivity index (χ3n) is 4.33. The molecule has 0 saturated carbocycles. The number of nitrogens with one attached hydrogen (secondary N) is 1. The number of phenols is 1. The van der Waals surface area contributed by atoms with Gasteiger partial charge in [0.25, 0.3) is 0 Å². The molecule has 0 fully saturated rings. The van der Waals surface area contributed by atoms with E-state index in [1.807, 2.05) is 30.3 Å². The molecule has 25 heavy (non-hydrogen) atoms. The first kappa shape index (κ1) is 15.9. The second-order valence-corrected chi connectivity index (χ2v) is 6.96. The predicted molar refractivity (Wildman–Crippen MR) is 99.9 cm³/mol. The van der Waals surface area contributed by atoms with Crippen LogP contribution in [-0.2, 0) is 0 Å². The number of hydrogen-bond donors (Lipinski definition) is 2. The van der Waals surface area contributed by atoms with E-state index >= 15 is 0 Å². The summed E-state index contributed by atoms with van der Waals surface area (Å²) in [5, 5.41) is 14.5. The van der Waals surface area contributed by atoms with E-state index in [1.54, 1.807) is 23.9 Å². The topological polar surface area (TPSA) is 71.7 Å². The van der Waals surface area contributed by atoms with Crippen LogP contribution in [0.2, 0.25) is 0 Å². The summed E-state index contributed by atoms with van der Waals surface area (Å²) in [5.74, 6) is 1.24. The maximum Gasteiger partial charge on any atom is 0.343 e. The minimum Gasteiger partial charge on any atom is -0.504 e. The molecule has 1 aliphatic rings. The van der Waals surface area contributed by atoms with E-state index in [1.165, 1.54) is 7.11 Å². The van der Waals surface area contributed by atoms with Gasteiger partial charge in [0.1, 0.15) is 5.58 Å². The molecule has 3 aromatic rings. The zero-order valence-electron chi connectivity index (χ0n) is 13.6. The molecule has 2 aromatic carbocycles. The van der Waals surface area contributed by atoms with Crippen molar-refractivity contribution in [2.45, 2.75) is 5.25 Å². The molecule has 0 radical (unpaired) electrons. The fourth-order valence-corrected chi connectivity index (χ4v) is 4.40. The lowest BCUT2D eigenvalue weighted by Crippen LogP contribution is -2.14. The maximum absolute atomic E-state index is 12.7. The van der Waals surface area contributed by atoms with Gasteiger partial charge in [-0.05, 0) is 18.2 Å². The maximum atomic E-state index is 12.7. The molecule has 2 N–H and O–H groups in total. The zero-order valence-corrected chi connectivity index (χ0v) is 14.4. The highest BCUT2D eigenvalue weighted by atomic mass is 32.2. The van der Waals surface area contributed by atoms with Crippen LogP contribution in [0.4, 0.5) is 5.69 Å². The Morgan fingerprint density at radius 1 is 1.24 bits per heavy atom. The van der Waals surface area contributed by atoms with Gasteiger partial charge in [-0.2, -0.15) is 0 Å². The molecule has 1 atom stereocenters. The average Bonchev–Trinajstić information content (AvgIpc) is 2.85. The monoisotopic (exact) mass is 355 g/mol. The van der Waals surface area contributed by atoms with Gasteiger partial charge in [-0.15, -0.1) is 11.8 Å². The first-order valence-corrected chi connectivity index (χ1v) is 9.02. The summed E-state index contributed by atoms with van der Waals surface area (Å²) in [7, 11) is 1.51. The average molecular weight is 355 g/mol. The molecule has 4 rings (SSSR count). The third-order valence-corrected chi connectivity index (χ3v) is 5.59. The number of thioether (sulfide) groups is 1. The van der Waals surface area contributed by atoms with E-state index < -0.39 is 0 Å². The molecule has 0 saturated heterocycles. The van der Waals surface area contributed by atoms with Crippen LogP contribution in [0.25, 0.3) is 11.0 Å². The van der Waals surface area contributed by atoms with Crippen LogP contribution in [0.3, 0.4) is 0 Å². The number of rotatable bonds is 2. The molecule has 128 valence electrons. The van der Waals surface area contributed by atoms with Crippen LogP contribution in [0, 0.1) is 0 Å². The highest BCUT2D eigenvalue weighted by molar-refractivity contribution is 7.99. The number of ether oxygens (including phenoxy) is 1. The standard InChI is InChI=1S/C19H17NO4S/c1-23-14-8-4-6-12(17(14)21)18-15-16(20-9-10-25-18)11-5-2-3-7-13(11)24-19(15)22/h2-8,18,20-21H,9-10H2,1H3. The smallest absolute Gasteiger partial charge is 0.343 e. The summed E-state index contributed by atoms with van der Waals surface area (Å²) in [5.41, 5.74) is 2.13. The summed E-state index contributed by atoms with van der Waals surface area (Å²) in [6.45, 7) is 0.729. The number of fused-ring (bicyclic) bond motifs is 3. The number of anilines is 1. The lowest BCUT2D eigenvalue weighted by molar-refractivity contribution is 0.371. The minimum absolute atomic E-state index is 0.0582. The molecule has 0 aliphatic carbocycles. The number of benzene rings is 2. The van der Waals surface area contributed by atoms with Gasteiger partial charge in [-0.3, -0.25) is 0 Å². The van der Waals surface area contributed by atoms with Gasteiger partial charge in [0.2, 0.25) is 0 Å². The first-order chi connectivity index (χ1) is 12.2. The quantitative estimate of drug-likeness (QED) is 0.682. The Morgan fingerprint density at radius 3 is 2.92 bits per heavy atom. The molecule has 0 bridgehead atoms. The van der Waals surface area contributed by atoms with E-state index in [9.17, 15) is 9.90 Å². The Balaban J connectivity index is 1.99. The van der Waals surface area contributed by atoms with Gasteiger partial charge in [0.05, 0.1) is 23.6 Å². The normalized spacial score (nSPS) is 16.8. The largest absolute Gasteiger partial charge is 0.504 e. The zero-order chi connectivity index (χ0) is 17.4. The third kappa shape index (κ3) is 2.62. The van der Waals surface area contributed by atoms with Gasteiger partial charge in [0.15, 0.2) is 11.5 Å². The van der Waals surface area contributed by atoms with Crippen LogP contribution in [0.5, 0.6) is 11.5 Å². The highest BCUT2D eigenvalue weighted by Crippen LogP contribution is 2.46. The number of hydrogen-bond acceptors (Lipinski definition) is 6. The molecular weight excluding hydrogens is 338 g/mol. The van der Waals surface area contributed by atoms with Gasteiger partial charge < -0.3 is 19.6 Å². The first-order valence-electron chi connectivity index (χ1n) is 7.97. The predicted octanol–water partition coefficient (Wildman–Crippen LogP) is 3.76. The number of para-hydroxylation sites is 2. The Kier molecular flexibility index (Phi) is 4.05. The van der Waals surface area contributed by atoms with Crippen molar-refractivity contribution in [3.05, 3.63) is 64.0 Å². The molecular formula is C19H17NO4S. The van der Waals surface area contributed by atoms with Gasteiger partial charge >= 0.3 is 5.63 Å². The number of aromatic hydroxyl groups is 1. The van der Waals surface area contributed by atoms with Crippen LogP contribution in [-0.4, -0.2) is 24.5 Å². The van der Waals surface area contributed by atoms with Crippen LogP contribution >= 0.6 is 11.8 Å². The van der Waals surface area contributed by atoms with Crippen molar-refractivity contribution in [2.24, 2.45) is 0 Å². The second-order valence-electron chi connectivity index (χ2n) is 5.75. The van der Waals surface area contributed by atoms with Gasteiger partial charge in [-0.25, -0.2) is 4.79 Å². The van der Waals surface area contributed by atoms with Crippen molar-refractivity contribution >= 4 is 28.4 Å². The molecule has 2 heterocycles. The lowest BCUT2D eigenvalue weighted by Gasteiger charge is -2.19. The SMILES string of the molecule is COc1cccc(C2SCCNc3c2c(=O)oc2ccccc32)c1O. The van der Waals surface area contributed by atoms with Crippen LogP contribution in [0.15, 0.2) is 51.7 Å². The highest BCUT2D eigenvalue weighted by Gasteiger charge is 2.29. The number of methoxy groups -OCH3 is 1. The van der Waals surface area contributed by atoms with Crippen molar-refractivity contribution in [2.75, 3.05) is 24.7 Å². The summed E-state index contributed by atoms with van der Waals surface area (Å²) in [4.78, 5) is 12.7. The van der Waals surface area contributed by atoms with Crippen molar-refractivity contribution in [3.63, 3.8) is 0 Å². The Bertz CT molecular complexity index is 998. The lowest BCUT2D eigenvalue weighted by atomic mass is 10.0. The van der Waals surface area contributed by atoms with Crippen LogP contribution < -0.4 is 15.7 Å². The summed E-state index contributed by atoms with van der Waals surface area (Å²) >= 11 is 1.60. The Morgan fingerprint density at radius 2 is 2.08 bits per heavy atom. The summed E-state index contributed by atoms with van der Waals surface area (Å²) < 4.78 is 10.8. The molecule has 1 aliphatic heterocycles. The number of phenolic OH excluding ortho intramolecular Hbond substituents is 1. The molecule has 1 unspecified atom stereocenters. The van der Waals surface area contributed by atoms with Crippen molar-refractivity contribution in [1.29, 1.82) is 0 Å². The Labute approximate surface area is 148 Å². The molecule has 1 aromatic heterocycles. The Hall–Kier alpha value is -2.60. The van der Waals surface area contributed by atoms with E-state index in [-0.39, 0.29) is 16.6 Å². The molecule has 0 amide bonds. The minimum atomic E-state index is -0.386. The molecule has 5 nitrogen and oxygen atoms in total. The fourth-order valence-electron chi connectivity index (χ4n) is 3.19. The van der Waals surface area contributed by atoms with Gasteiger partial charge in [0, 0.05) is 23.2 Å². The van der Waals surface area contributed by atoms with Crippen molar-refractivity contribution in [1.82, 2.24) is 0 Å². The second kappa shape index (κ2) is 6.37. The van der Waals surface area contributed by atoms with Crippen molar-refractivity contribution < 1.29 is 14.3 Å². The van der Waals surface area contributed by atoms with Crippen molar-refractivity contribution in [3.8, 4) is 11.5 Å². The van der Waals surface area contributed by atoms with E-state index in [4.69, 9.17) is 9.15 Å². The van der Waals surface area contributed by atoms with E-state index in [0.717, 1.165) is 23.4 Å². The van der Waals surface area contributed by atoms with Crippen LogP contribution in [0.1, 0.15) is 16.4 Å². The summed E-state index contributed by atoms with van der Waals surface area (Å²) in [6, 6.07) is 12.8. The van der Waals surface area contributed by atoms with E-state index in [0.29, 0.717) is 22.5 Å². The fraction of sp³-hybridized carbons (Fsp3) is 0.211. The van der Waals surface area contributed by atoms with E-state index in [2.05, 4.69) is 5.32 Å².